The Labute approximate surface area is 165 Å². The van der Waals surface area contributed by atoms with Crippen LogP contribution in [0.2, 0.25) is 0 Å². The van der Waals surface area contributed by atoms with E-state index in [0.717, 1.165) is 17.7 Å². The Hall–Kier alpha value is -3.02. The molecule has 28 heavy (non-hydrogen) atoms. The zero-order valence-corrected chi connectivity index (χ0v) is 16.5. The number of carbonyl (C=O) groups is 2. The molecule has 0 spiro atoms. The molecule has 6 nitrogen and oxygen atoms in total. The molecule has 1 saturated heterocycles. The van der Waals surface area contributed by atoms with Crippen molar-refractivity contribution in [1.29, 1.82) is 0 Å². The van der Waals surface area contributed by atoms with E-state index in [2.05, 4.69) is 5.32 Å². The van der Waals surface area contributed by atoms with E-state index in [4.69, 9.17) is 9.47 Å². The molecule has 0 bridgehead atoms. The van der Waals surface area contributed by atoms with E-state index >= 15 is 0 Å². The summed E-state index contributed by atoms with van der Waals surface area (Å²) >= 11 is 0. The Bertz CT molecular complexity index is 835. The van der Waals surface area contributed by atoms with Crippen LogP contribution in [0.1, 0.15) is 25.3 Å². The van der Waals surface area contributed by atoms with Gasteiger partial charge in [0.25, 0.3) is 5.91 Å². The molecule has 1 fully saturated rings. The summed E-state index contributed by atoms with van der Waals surface area (Å²) in [6.45, 7) is 4.25. The van der Waals surface area contributed by atoms with Crippen molar-refractivity contribution in [3.63, 3.8) is 0 Å². The number of carbonyl (C=O) groups excluding carboxylic acids is 2. The molecule has 2 atom stereocenters. The van der Waals surface area contributed by atoms with Gasteiger partial charge < -0.3 is 19.7 Å². The highest BCUT2D eigenvalue weighted by Gasteiger charge is 2.36. The second-order valence-electron chi connectivity index (χ2n) is 6.98. The molecule has 3 rings (SSSR count). The molecule has 0 saturated carbocycles. The van der Waals surface area contributed by atoms with Gasteiger partial charge in [-0.15, -0.1) is 0 Å². The Morgan fingerprint density at radius 1 is 1.14 bits per heavy atom. The number of anilines is 1. The Balaban J connectivity index is 1.63. The molecule has 1 heterocycles. The number of likely N-dealkylation sites (tertiary alicyclic amines) is 1. The molecular weight excluding hydrogens is 356 g/mol. The van der Waals surface area contributed by atoms with Crippen molar-refractivity contribution in [3.8, 4) is 11.5 Å². The minimum atomic E-state index is -0.656. The van der Waals surface area contributed by atoms with Gasteiger partial charge in [-0.1, -0.05) is 12.1 Å². The van der Waals surface area contributed by atoms with Crippen LogP contribution >= 0.6 is 0 Å². The number of amides is 2. The average Bonchev–Trinajstić information content (AvgIpc) is 3.18. The number of methoxy groups -OCH3 is 1. The molecule has 1 aliphatic heterocycles. The van der Waals surface area contributed by atoms with Gasteiger partial charge in [0, 0.05) is 12.2 Å². The standard InChI is InChI=1S/C22H26N2O4/c1-15-6-4-7-19(14-15)28-16(2)22(26)24-13-5-8-20(24)21(25)23-17-9-11-18(27-3)12-10-17/h4,6-7,9-12,14,16,20H,5,8,13H2,1-3H3,(H,23,25). The van der Waals surface area contributed by atoms with Crippen LogP contribution in [0, 0.1) is 6.92 Å². The Morgan fingerprint density at radius 2 is 1.89 bits per heavy atom. The lowest BCUT2D eigenvalue weighted by atomic mass is 10.2. The molecular formula is C22H26N2O4. The summed E-state index contributed by atoms with van der Waals surface area (Å²) in [4.78, 5) is 27.2. The van der Waals surface area contributed by atoms with Crippen molar-refractivity contribution in [2.24, 2.45) is 0 Å². The van der Waals surface area contributed by atoms with Crippen LogP contribution in [0.25, 0.3) is 0 Å². The normalized spacial score (nSPS) is 17.1. The fourth-order valence-electron chi connectivity index (χ4n) is 3.38. The van der Waals surface area contributed by atoms with E-state index in [0.29, 0.717) is 24.4 Å². The predicted octanol–water partition coefficient (Wildman–Crippen LogP) is 3.40. The largest absolute Gasteiger partial charge is 0.497 e. The maximum Gasteiger partial charge on any atom is 0.264 e. The summed E-state index contributed by atoms with van der Waals surface area (Å²) in [5.74, 6) is 1.02. The minimum Gasteiger partial charge on any atom is -0.497 e. The second-order valence-corrected chi connectivity index (χ2v) is 6.98. The van der Waals surface area contributed by atoms with Gasteiger partial charge in [0.15, 0.2) is 6.10 Å². The van der Waals surface area contributed by atoms with E-state index < -0.39 is 12.1 Å². The lowest BCUT2D eigenvalue weighted by molar-refractivity contribution is -0.142. The van der Waals surface area contributed by atoms with Crippen LogP contribution < -0.4 is 14.8 Å². The molecule has 2 unspecified atom stereocenters. The fraction of sp³-hybridized carbons (Fsp3) is 0.364. The van der Waals surface area contributed by atoms with Crippen molar-refractivity contribution < 1.29 is 19.1 Å². The number of nitrogens with zero attached hydrogens (tertiary/aromatic N) is 1. The maximum absolute atomic E-state index is 12.9. The van der Waals surface area contributed by atoms with Gasteiger partial charge >= 0.3 is 0 Å². The van der Waals surface area contributed by atoms with E-state index in [1.54, 1.807) is 43.2 Å². The van der Waals surface area contributed by atoms with Gasteiger partial charge in [0.05, 0.1) is 7.11 Å². The molecule has 0 aliphatic carbocycles. The zero-order chi connectivity index (χ0) is 20.1. The highest BCUT2D eigenvalue weighted by atomic mass is 16.5. The third-order valence-electron chi connectivity index (χ3n) is 4.85. The third kappa shape index (κ3) is 4.63. The maximum atomic E-state index is 12.9. The number of hydrogen-bond acceptors (Lipinski definition) is 4. The number of rotatable bonds is 6. The highest BCUT2D eigenvalue weighted by molar-refractivity contribution is 5.98. The van der Waals surface area contributed by atoms with Gasteiger partial charge in [0.1, 0.15) is 17.5 Å². The second kappa shape index (κ2) is 8.78. The molecule has 1 aliphatic rings. The highest BCUT2D eigenvalue weighted by Crippen LogP contribution is 2.23. The lowest BCUT2D eigenvalue weighted by Gasteiger charge is -2.27. The van der Waals surface area contributed by atoms with Crippen LogP contribution in [0.3, 0.4) is 0 Å². The van der Waals surface area contributed by atoms with Crippen molar-refractivity contribution in [1.82, 2.24) is 4.90 Å². The summed E-state index contributed by atoms with van der Waals surface area (Å²) in [5.41, 5.74) is 1.74. The van der Waals surface area contributed by atoms with Gasteiger partial charge in [-0.2, -0.15) is 0 Å². The van der Waals surface area contributed by atoms with E-state index in [1.165, 1.54) is 0 Å². The van der Waals surface area contributed by atoms with Gasteiger partial charge in [0.2, 0.25) is 5.91 Å². The number of aryl methyl sites for hydroxylation is 1. The van der Waals surface area contributed by atoms with Gasteiger partial charge in [-0.3, -0.25) is 9.59 Å². The molecule has 2 amide bonds. The first-order valence-corrected chi connectivity index (χ1v) is 9.46. The molecule has 2 aromatic carbocycles. The predicted molar refractivity (Wildman–Crippen MR) is 108 cm³/mol. The fourth-order valence-corrected chi connectivity index (χ4v) is 3.38. The summed E-state index contributed by atoms with van der Waals surface area (Å²) in [6, 6.07) is 14.2. The average molecular weight is 382 g/mol. The van der Waals surface area contributed by atoms with Gasteiger partial charge in [-0.25, -0.2) is 0 Å². The number of nitrogens with one attached hydrogen (secondary N) is 1. The van der Waals surface area contributed by atoms with Crippen LogP contribution in [0.15, 0.2) is 48.5 Å². The van der Waals surface area contributed by atoms with Crippen LogP contribution in [-0.4, -0.2) is 42.5 Å². The SMILES string of the molecule is COc1ccc(NC(=O)C2CCCN2C(=O)C(C)Oc2cccc(C)c2)cc1. The number of benzene rings is 2. The number of ether oxygens (including phenoxy) is 2. The monoisotopic (exact) mass is 382 g/mol. The first-order valence-electron chi connectivity index (χ1n) is 9.46. The topological polar surface area (TPSA) is 67.9 Å². The smallest absolute Gasteiger partial charge is 0.264 e. The number of hydrogen-bond donors (Lipinski definition) is 1. The van der Waals surface area contributed by atoms with Crippen molar-refractivity contribution in [3.05, 3.63) is 54.1 Å². The van der Waals surface area contributed by atoms with E-state index in [1.807, 2.05) is 31.2 Å². The third-order valence-corrected chi connectivity index (χ3v) is 4.85. The molecule has 1 N–H and O–H groups in total. The molecule has 6 heteroatoms. The van der Waals surface area contributed by atoms with Crippen molar-refractivity contribution in [2.75, 3.05) is 19.0 Å². The summed E-state index contributed by atoms with van der Waals surface area (Å²) < 4.78 is 10.9. The van der Waals surface area contributed by atoms with Crippen molar-refractivity contribution >= 4 is 17.5 Å². The first-order chi connectivity index (χ1) is 13.5. The lowest BCUT2D eigenvalue weighted by Crippen LogP contribution is -2.47. The zero-order valence-electron chi connectivity index (χ0n) is 16.5. The molecule has 148 valence electrons. The summed E-state index contributed by atoms with van der Waals surface area (Å²) in [6.07, 6.45) is 0.783. The molecule has 0 aromatic heterocycles. The summed E-state index contributed by atoms with van der Waals surface area (Å²) in [5, 5.41) is 2.89. The van der Waals surface area contributed by atoms with Crippen molar-refractivity contribution in [2.45, 2.75) is 38.8 Å². The van der Waals surface area contributed by atoms with Crippen LogP contribution in [0.4, 0.5) is 5.69 Å². The Kier molecular flexibility index (Phi) is 6.19. The van der Waals surface area contributed by atoms with Crippen LogP contribution in [0.5, 0.6) is 11.5 Å². The first kappa shape index (κ1) is 19.7. The minimum absolute atomic E-state index is 0.172. The van der Waals surface area contributed by atoms with E-state index in [9.17, 15) is 9.59 Å². The molecule has 2 aromatic rings. The van der Waals surface area contributed by atoms with Crippen LogP contribution in [-0.2, 0) is 9.59 Å². The van der Waals surface area contributed by atoms with E-state index in [-0.39, 0.29) is 11.8 Å². The van der Waals surface area contributed by atoms with Gasteiger partial charge in [-0.05, 0) is 68.7 Å². The summed E-state index contributed by atoms with van der Waals surface area (Å²) in [7, 11) is 1.59. The quantitative estimate of drug-likeness (QED) is 0.831. The molecule has 0 radical (unpaired) electrons. The Morgan fingerprint density at radius 3 is 2.57 bits per heavy atom.